The number of nitrogens with two attached hydrogens (primary N) is 1. The van der Waals surface area contributed by atoms with Gasteiger partial charge < -0.3 is 20.2 Å². The van der Waals surface area contributed by atoms with E-state index in [1.807, 2.05) is 0 Å². The van der Waals surface area contributed by atoms with E-state index in [2.05, 4.69) is 25.0 Å². The number of aromatic nitrogens is 3. The number of urea groups is 1. The molecule has 2 heterocycles. The Labute approximate surface area is 199 Å². The van der Waals surface area contributed by atoms with Crippen molar-refractivity contribution in [2.75, 3.05) is 17.3 Å². The van der Waals surface area contributed by atoms with Gasteiger partial charge in [0, 0.05) is 6.07 Å². The average molecular weight is 504 g/mol. The highest BCUT2D eigenvalue weighted by molar-refractivity contribution is 5.98. The zero-order valence-electron chi connectivity index (χ0n) is 18.3. The van der Waals surface area contributed by atoms with Gasteiger partial charge >= 0.3 is 18.3 Å². The molecule has 0 saturated carbocycles. The Morgan fingerprint density at radius 2 is 1.81 bits per heavy atom. The Hall–Kier alpha value is -4.88. The summed E-state index contributed by atoms with van der Waals surface area (Å²) >= 11 is 0. The number of ether oxygens (including phenoxy) is 2. The van der Waals surface area contributed by atoms with Crippen LogP contribution in [-0.4, -0.2) is 34.2 Å². The topological polar surface area (TPSA) is 135 Å². The highest BCUT2D eigenvalue weighted by Crippen LogP contribution is 2.36. The lowest BCUT2D eigenvalue weighted by Crippen LogP contribution is -2.32. The van der Waals surface area contributed by atoms with Gasteiger partial charge in [-0.15, -0.1) is 0 Å². The fraction of sp³-hybridized carbons (Fsp3) is 0.0909. The predicted octanol–water partition coefficient (Wildman–Crippen LogP) is 5.30. The molecule has 2 aromatic carbocycles. The van der Waals surface area contributed by atoms with E-state index in [1.165, 1.54) is 37.6 Å². The number of anilines is 3. The maximum absolute atomic E-state index is 14.4. The van der Waals surface area contributed by atoms with Crippen LogP contribution >= 0.6 is 0 Å². The number of pyridine rings is 1. The van der Waals surface area contributed by atoms with Gasteiger partial charge in [-0.05, 0) is 42.5 Å². The molecule has 36 heavy (non-hydrogen) atoms. The molecule has 0 unspecified atom stereocenters. The van der Waals surface area contributed by atoms with E-state index in [0.29, 0.717) is 34.3 Å². The monoisotopic (exact) mass is 504 g/mol. The zero-order chi connectivity index (χ0) is 26.0. The third kappa shape index (κ3) is 5.11. The number of fused-ring (bicyclic) bond motifs is 1. The molecule has 3 amide bonds. The number of hydrogen-bond donors (Lipinski definition) is 3. The van der Waals surface area contributed by atoms with Crippen molar-refractivity contribution in [2.45, 2.75) is 6.18 Å². The minimum absolute atomic E-state index is 0.00810. The first-order chi connectivity index (χ1) is 17.0. The number of imidazole rings is 1. The molecule has 0 spiro atoms. The van der Waals surface area contributed by atoms with Gasteiger partial charge in [0.2, 0.25) is 5.95 Å². The molecule has 4 aromatic rings. The van der Waals surface area contributed by atoms with Crippen molar-refractivity contribution in [3.63, 3.8) is 0 Å². The maximum Gasteiger partial charge on any atom is 0.416 e. The molecule has 0 aliphatic carbocycles. The van der Waals surface area contributed by atoms with Crippen molar-refractivity contribution in [3.8, 4) is 11.5 Å². The summed E-state index contributed by atoms with van der Waals surface area (Å²) < 4.78 is 63.8. The first kappa shape index (κ1) is 24.3. The third-order valence-corrected chi connectivity index (χ3v) is 4.78. The Kier molecular flexibility index (Phi) is 6.33. The fourth-order valence-corrected chi connectivity index (χ4v) is 3.19. The molecule has 14 heteroatoms. The lowest BCUT2D eigenvalue weighted by atomic mass is 10.1. The Morgan fingerprint density at radius 1 is 1.08 bits per heavy atom. The van der Waals surface area contributed by atoms with Gasteiger partial charge in [-0.1, -0.05) is 0 Å². The maximum atomic E-state index is 14.4. The van der Waals surface area contributed by atoms with Crippen molar-refractivity contribution >= 4 is 40.6 Å². The van der Waals surface area contributed by atoms with Crippen molar-refractivity contribution in [2.24, 2.45) is 5.73 Å². The van der Waals surface area contributed by atoms with Crippen molar-refractivity contribution in [3.05, 3.63) is 66.1 Å². The average Bonchev–Trinajstić information content (AvgIpc) is 3.22. The standard InChI is InChI=1S/C22H16F4N6O4/c1-35-21(34)31-20-29-16-9-14(10-28-18(16)30-20)36-13-5-3-12(4-6-13)32(19(27)33)17-8-11(22(24,25)26)2-7-15(17)23/h2-10H,1H3,(H2,27,33)(H2,28,29,30,31,34). The molecule has 2 aromatic heterocycles. The van der Waals surface area contributed by atoms with E-state index in [0.717, 1.165) is 0 Å². The fourth-order valence-electron chi connectivity index (χ4n) is 3.19. The summed E-state index contributed by atoms with van der Waals surface area (Å²) in [4.78, 5) is 35.0. The summed E-state index contributed by atoms with van der Waals surface area (Å²) in [5.41, 5.74) is 4.29. The summed E-state index contributed by atoms with van der Waals surface area (Å²) in [6.45, 7) is 0. The molecular formula is C22H16F4N6O4. The van der Waals surface area contributed by atoms with E-state index in [1.54, 1.807) is 6.07 Å². The summed E-state index contributed by atoms with van der Waals surface area (Å²) in [6, 6.07) is 7.48. The highest BCUT2D eigenvalue weighted by atomic mass is 19.4. The summed E-state index contributed by atoms with van der Waals surface area (Å²) in [5, 5.41) is 2.37. The van der Waals surface area contributed by atoms with Crippen LogP contribution in [0.15, 0.2) is 54.7 Å². The molecule has 0 aliphatic heterocycles. The number of carbonyl (C=O) groups excluding carboxylic acids is 2. The highest BCUT2D eigenvalue weighted by Gasteiger charge is 2.32. The zero-order valence-corrected chi connectivity index (χ0v) is 18.3. The molecule has 0 radical (unpaired) electrons. The number of nitrogens with zero attached hydrogens (tertiary/aromatic N) is 3. The van der Waals surface area contributed by atoms with Crippen molar-refractivity contribution in [1.29, 1.82) is 0 Å². The smallest absolute Gasteiger partial charge is 0.416 e. The number of carbonyl (C=O) groups is 2. The molecular weight excluding hydrogens is 488 g/mol. The summed E-state index contributed by atoms with van der Waals surface area (Å²) in [5.74, 6) is -0.415. The Morgan fingerprint density at radius 3 is 2.44 bits per heavy atom. The minimum atomic E-state index is -4.75. The van der Waals surface area contributed by atoms with Crippen LogP contribution in [0.4, 0.5) is 44.5 Å². The van der Waals surface area contributed by atoms with E-state index >= 15 is 0 Å². The van der Waals surface area contributed by atoms with Gasteiger partial charge in [0.15, 0.2) is 5.65 Å². The molecule has 0 aliphatic rings. The molecule has 0 saturated heterocycles. The number of benzene rings is 2. The lowest BCUT2D eigenvalue weighted by Gasteiger charge is -2.22. The predicted molar refractivity (Wildman–Crippen MR) is 120 cm³/mol. The van der Waals surface area contributed by atoms with Gasteiger partial charge in [-0.25, -0.2) is 19.0 Å². The number of aromatic amines is 1. The minimum Gasteiger partial charge on any atom is -0.456 e. The van der Waals surface area contributed by atoms with Crippen LogP contribution in [0.1, 0.15) is 5.56 Å². The SMILES string of the molecule is COC(=O)Nc1nc2ncc(Oc3ccc(N(C(N)=O)c4cc(C(F)(F)F)ccc4F)cc3)cc2[nH]1. The second-order valence-electron chi connectivity index (χ2n) is 7.18. The van der Waals surface area contributed by atoms with Crippen molar-refractivity contribution in [1.82, 2.24) is 15.0 Å². The van der Waals surface area contributed by atoms with E-state index in [9.17, 15) is 27.2 Å². The van der Waals surface area contributed by atoms with Crippen LogP contribution in [-0.2, 0) is 10.9 Å². The number of amides is 3. The molecule has 0 atom stereocenters. The normalized spacial score (nSPS) is 11.2. The van der Waals surface area contributed by atoms with Gasteiger partial charge in [0.05, 0.1) is 35.8 Å². The van der Waals surface area contributed by atoms with Crippen LogP contribution in [0.2, 0.25) is 0 Å². The molecule has 4 N–H and O–H groups in total. The van der Waals surface area contributed by atoms with E-state index in [4.69, 9.17) is 10.5 Å². The van der Waals surface area contributed by atoms with Gasteiger partial charge in [-0.2, -0.15) is 18.2 Å². The first-order valence-corrected chi connectivity index (χ1v) is 10.00. The number of H-pyrrole nitrogens is 1. The number of alkyl halides is 3. The van der Waals surface area contributed by atoms with E-state index in [-0.39, 0.29) is 23.1 Å². The Bertz CT molecular complexity index is 1440. The largest absolute Gasteiger partial charge is 0.456 e. The number of primary amides is 1. The van der Waals surface area contributed by atoms with Crippen LogP contribution in [0.3, 0.4) is 0 Å². The molecule has 186 valence electrons. The van der Waals surface area contributed by atoms with Crippen LogP contribution in [0.5, 0.6) is 11.5 Å². The van der Waals surface area contributed by atoms with Crippen LogP contribution in [0, 0.1) is 5.82 Å². The lowest BCUT2D eigenvalue weighted by molar-refractivity contribution is -0.137. The van der Waals surface area contributed by atoms with Gasteiger partial charge in [0.1, 0.15) is 17.3 Å². The number of methoxy groups -OCH3 is 1. The van der Waals surface area contributed by atoms with Crippen molar-refractivity contribution < 1.29 is 36.6 Å². The second kappa shape index (κ2) is 9.40. The first-order valence-electron chi connectivity index (χ1n) is 10.00. The molecule has 0 fully saturated rings. The summed E-state index contributed by atoms with van der Waals surface area (Å²) in [6.07, 6.45) is -4.10. The third-order valence-electron chi connectivity index (χ3n) is 4.78. The molecule has 4 rings (SSSR count). The number of nitrogens with one attached hydrogen (secondary N) is 2. The number of rotatable bonds is 5. The summed E-state index contributed by atoms with van der Waals surface area (Å²) in [7, 11) is 1.20. The molecule has 0 bridgehead atoms. The van der Waals surface area contributed by atoms with Gasteiger partial charge in [-0.3, -0.25) is 10.2 Å². The van der Waals surface area contributed by atoms with E-state index < -0.39 is 35.4 Å². The van der Waals surface area contributed by atoms with Crippen LogP contribution < -0.4 is 20.7 Å². The van der Waals surface area contributed by atoms with Gasteiger partial charge in [0.25, 0.3) is 0 Å². The van der Waals surface area contributed by atoms with Crippen LogP contribution in [0.25, 0.3) is 11.2 Å². The number of halogens is 4. The quantitative estimate of drug-likeness (QED) is 0.316. The second-order valence-corrected chi connectivity index (χ2v) is 7.18. The Balaban J connectivity index is 1.57. The molecule has 10 nitrogen and oxygen atoms in total. The number of hydrogen-bond acceptors (Lipinski definition) is 6.